The fourth-order valence-corrected chi connectivity index (χ4v) is 5.96. The first-order valence-electron chi connectivity index (χ1n) is 10.4. The maximum Gasteiger partial charge on any atom is 0.261 e. The van der Waals surface area contributed by atoms with E-state index >= 15 is 0 Å². The number of rotatable bonds is 6. The third kappa shape index (κ3) is 3.53. The second-order valence-electron chi connectivity index (χ2n) is 8.54. The number of carbonyl (C=O) groups is 2. The van der Waals surface area contributed by atoms with Gasteiger partial charge in [-0.25, -0.2) is 4.39 Å². The molecule has 2 heterocycles. The molecule has 0 saturated heterocycles. The average Bonchev–Trinajstić information content (AvgIpc) is 3.29. The van der Waals surface area contributed by atoms with Crippen molar-refractivity contribution < 1.29 is 18.7 Å². The Bertz CT molecular complexity index is 1210. The third-order valence-corrected chi connectivity index (χ3v) is 8.07. The van der Waals surface area contributed by atoms with Gasteiger partial charge in [0.05, 0.1) is 15.6 Å². The number of hydrogen-bond acceptors (Lipinski definition) is 5. The highest BCUT2D eigenvalue weighted by Crippen LogP contribution is 2.54. The molecule has 10 heteroatoms. The molecule has 2 N–H and O–H groups in total. The molecule has 7 nitrogen and oxygen atoms in total. The molecular weight excluding hydrogens is 455 g/mol. The highest BCUT2D eigenvalue weighted by molar-refractivity contribution is 7.20. The molecule has 0 bridgehead atoms. The fraction of sp³-hybridized carbons (Fsp3) is 0.409. The van der Waals surface area contributed by atoms with Crippen molar-refractivity contribution in [3.8, 4) is 5.75 Å². The summed E-state index contributed by atoms with van der Waals surface area (Å²) in [5.74, 6) is -0.485. The number of carbonyl (C=O) groups excluding carboxylic acids is 2. The van der Waals surface area contributed by atoms with Gasteiger partial charge >= 0.3 is 0 Å². The highest BCUT2D eigenvalue weighted by Gasteiger charge is 2.61. The van der Waals surface area contributed by atoms with E-state index in [0.717, 1.165) is 34.8 Å². The van der Waals surface area contributed by atoms with E-state index in [9.17, 15) is 14.0 Å². The van der Waals surface area contributed by atoms with Gasteiger partial charge in [0.1, 0.15) is 16.4 Å². The molecule has 0 spiro atoms. The van der Waals surface area contributed by atoms with Crippen LogP contribution in [0.4, 0.5) is 4.39 Å². The van der Waals surface area contributed by atoms with Crippen molar-refractivity contribution in [2.24, 2.45) is 13.0 Å². The molecule has 3 atom stereocenters. The molecule has 32 heavy (non-hydrogen) atoms. The van der Waals surface area contributed by atoms with Gasteiger partial charge in [0, 0.05) is 36.0 Å². The van der Waals surface area contributed by atoms with Crippen LogP contribution in [0.25, 0.3) is 10.2 Å². The first-order valence-corrected chi connectivity index (χ1v) is 11.6. The number of aryl methyl sites for hydroxylation is 2. The molecule has 168 valence electrons. The number of fused-ring (bicyclic) bond motifs is 2. The van der Waals surface area contributed by atoms with Crippen LogP contribution in [0, 0.1) is 18.7 Å². The van der Waals surface area contributed by atoms with Crippen LogP contribution in [0.15, 0.2) is 24.3 Å². The Kier molecular flexibility index (Phi) is 5.13. The van der Waals surface area contributed by atoms with E-state index in [4.69, 9.17) is 16.3 Å². The molecule has 1 aromatic carbocycles. The second kappa shape index (κ2) is 7.74. The van der Waals surface area contributed by atoms with Crippen molar-refractivity contribution >= 4 is 45.0 Å². The number of nitrogens with zero attached hydrogens (tertiary/aromatic N) is 2. The van der Waals surface area contributed by atoms with Crippen LogP contribution in [-0.2, 0) is 11.8 Å². The average molecular weight is 477 g/mol. The van der Waals surface area contributed by atoms with Crippen LogP contribution in [-0.4, -0.2) is 39.8 Å². The number of aromatic nitrogens is 2. The Morgan fingerprint density at radius 3 is 2.88 bits per heavy atom. The molecular formula is C22H22ClFN4O3S. The summed E-state index contributed by atoms with van der Waals surface area (Å²) in [5.41, 5.74) is 0.621. The largest absolute Gasteiger partial charge is 0.484 e. The van der Waals surface area contributed by atoms with Crippen LogP contribution in [0.5, 0.6) is 5.75 Å². The van der Waals surface area contributed by atoms with Gasteiger partial charge in [-0.2, -0.15) is 5.10 Å². The second-order valence-corrected chi connectivity index (χ2v) is 9.97. The van der Waals surface area contributed by atoms with E-state index in [1.807, 2.05) is 20.0 Å². The molecule has 0 radical (unpaired) electrons. The lowest BCUT2D eigenvalue weighted by Crippen LogP contribution is -2.76. The van der Waals surface area contributed by atoms with Crippen molar-refractivity contribution in [2.45, 2.75) is 37.8 Å². The molecule has 3 aromatic rings. The molecule has 2 saturated carbocycles. The predicted octanol–water partition coefficient (Wildman–Crippen LogP) is 3.58. The summed E-state index contributed by atoms with van der Waals surface area (Å²) in [6.07, 6.45) is 2.51. The Balaban J connectivity index is 1.15. The molecule has 3 unspecified atom stereocenters. The topological polar surface area (TPSA) is 85.3 Å². The van der Waals surface area contributed by atoms with E-state index in [1.165, 1.54) is 23.5 Å². The highest BCUT2D eigenvalue weighted by atomic mass is 35.5. The molecule has 2 aliphatic rings. The summed E-state index contributed by atoms with van der Waals surface area (Å²) in [6, 6.07) is 5.98. The summed E-state index contributed by atoms with van der Waals surface area (Å²) < 4.78 is 20.7. The third-order valence-electron chi connectivity index (χ3n) is 6.57. The zero-order chi connectivity index (χ0) is 22.6. The van der Waals surface area contributed by atoms with Gasteiger partial charge in [-0.3, -0.25) is 14.3 Å². The van der Waals surface area contributed by atoms with Crippen molar-refractivity contribution in [1.82, 2.24) is 20.4 Å². The van der Waals surface area contributed by atoms with Gasteiger partial charge in [-0.05, 0) is 44.4 Å². The van der Waals surface area contributed by atoms with Crippen molar-refractivity contribution in [3.63, 3.8) is 0 Å². The van der Waals surface area contributed by atoms with E-state index in [-0.39, 0.29) is 46.7 Å². The van der Waals surface area contributed by atoms with Gasteiger partial charge in [0.25, 0.3) is 11.8 Å². The molecule has 2 aromatic heterocycles. The van der Waals surface area contributed by atoms with E-state index in [1.54, 1.807) is 4.68 Å². The van der Waals surface area contributed by atoms with E-state index in [0.29, 0.717) is 11.3 Å². The summed E-state index contributed by atoms with van der Waals surface area (Å²) in [4.78, 5) is 26.8. The SMILES string of the molecule is Cc1nn(C)c2sc(C(=O)NC3CC4(NC(=O)COc5ccc(Cl)c(F)c5)CCC34)cc12. The Hall–Kier alpha value is -2.65. The van der Waals surface area contributed by atoms with Crippen molar-refractivity contribution in [3.05, 3.63) is 45.7 Å². The van der Waals surface area contributed by atoms with Crippen molar-refractivity contribution in [1.29, 1.82) is 0 Å². The van der Waals surface area contributed by atoms with Gasteiger partial charge in [0.2, 0.25) is 0 Å². The smallest absolute Gasteiger partial charge is 0.261 e. The molecule has 2 amide bonds. The van der Waals surface area contributed by atoms with Gasteiger partial charge in [0.15, 0.2) is 6.61 Å². The summed E-state index contributed by atoms with van der Waals surface area (Å²) in [5, 5.41) is 11.6. The van der Waals surface area contributed by atoms with Crippen LogP contribution in [0.1, 0.15) is 34.6 Å². The molecule has 0 aliphatic heterocycles. The number of halogens is 2. The minimum absolute atomic E-state index is 0.00278. The number of thiophene rings is 1. The van der Waals surface area contributed by atoms with E-state index in [2.05, 4.69) is 15.7 Å². The van der Waals surface area contributed by atoms with Gasteiger partial charge in [-0.1, -0.05) is 11.6 Å². The first-order chi connectivity index (χ1) is 15.3. The number of ether oxygens (including phenoxy) is 1. The van der Waals surface area contributed by atoms with Crippen molar-refractivity contribution in [2.75, 3.05) is 6.61 Å². The number of benzene rings is 1. The van der Waals surface area contributed by atoms with Crippen LogP contribution in [0.2, 0.25) is 5.02 Å². The van der Waals surface area contributed by atoms with Crippen LogP contribution in [0.3, 0.4) is 0 Å². The lowest BCUT2D eigenvalue weighted by Gasteiger charge is -2.63. The first kappa shape index (κ1) is 21.2. The quantitative estimate of drug-likeness (QED) is 0.569. The standard InChI is InChI=1S/C22H22ClFN4O3S/c1-11-13-8-18(32-21(13)28(2)27-11)20(30)25-17-9-22(6-5-14(17)22)26-19(29)10-31-12-3-4-15(23)16(24)7-12/h3-4,7-8,14,17H,5-6,9-10H2,1-2H3,(H,25,30)(H,26,29). The van der Waals surface area contributed by atoms with Gasteiger partial charge in [-0.15, -0.1) is 11.3 Å². The monoisotopic (exact) mass is 476 g/mol. The maximum atomic E-state index is 13.5. The summed E-state index contributed by atoms with van der Waals surface area (Å²) >= 11 is 7.09. The zero-order valence-corrected chi connectivity index (χ0v) is 19.1. The number of hydrogen-bond donors (Lipinski definition) is 2. The number of nitrogens with one attached hydrogen (secondary N) is 2. The Morgan fingerprint density at radius 2 is 2.22 bits per heavy atom. The minimum Gasteiger partial charge on any atom is -0.484 e. The lowest BCUT2D eigenvalue weighted by molar-refractivity contribution is -0.134. The molecule has 5 rings (SSSR count). The summed E-state index contributed by atoms with van der Waals surface area (Å²) in [7, 11) is 1.87. The Morgan fingerprint density at radius 1 is 1.41 bits per heavy atom. The summed E-state index contributed by atoms with van der Waals surface area (Å²) in [6.45, 7) is 1.73. The van der Waals surface area contributed by atoms with E-state index < -0.39 is 5.82 Å². The predicted molar refractivity (Wildman–Crippen MR) is 120 cm³/mol. The Labute approximate surface area is 192 Å². The normalized spacial score (nSPS) is 23.8. The number of amides is 2. The van der Waals surface area contributed by atoms with Gasteiger partial charge < -0.3 is 15.4 Å². The zero-order valence-electron chi connectivity index (χ0n) is 17.6. The molecule has 2 aliphatic carbocycles. The van der Waals surface area contributed by atoms with Crippen LogP contribution >= 0.6 is 22.9 Å². The maximum absolute atomic E-state index is 13.5. The van der Waals surface area contributed by atoms with Crippen LogP contribution < -0.4 is 15.4 Å². The lowest BCUT2D eigenvalue weighted by atomic mass is 9.50. The fourth-order valence-electron chi connectivity index (χ4n) is 4.82. The molecule has 2 fully saturated rings. The minimum atomic E-state index is -0.593.